The van der Waals surface area contributed by atoms with E-state index in [4.69, 9.17) is 4.74 Å². The number of ether oxygens (including phenoxy) is 2. The molecule has 1 aromatic heterocycles. The Morgan fingerprint density at radius 3 is 2.62 bits per heavy atom. The van der Waals surface area contributed by atoms with E-state index < -0.39 is 6.61 Å². The van der Waals surface area contributed by atoms with Crippen LogP contribution in [0.25, 0.3) is 10.6 Å². The van der Waals surface area contributed by atoms with E-state index in [1.165, 1.54) is 22.3 Å². The summed E-state index contributed by atoms with van der Waals surface area (Å²) in [7, 11) is 1.66. The molecule has 5 nitrogen and oxygen atoms in total. The molecule has 0 fully saturated rings. The Kier molecular flexibility index (Phi) is 6.77. The number of hydrogen-bond donors (Lipinski definition) is 0. The number of carbonyl (C=O) groups excluding carboxylic acids is 1. The quantitative estimate of drug-likeness (QED) is 0.512. The second kappa shape index (κ2) is 9.47. The standard InChI is InChI=1S/C21H20F2N2O3S/c1-3-27-18-11-14(9-10-17(18)28-21(22)23)12-25(2)20(26)16-13-29-19(24-16)15-7-5-4-6-8-15/h4-11,13,21H,3,12H2,1-2H3. The summed E-state index contributed by atoms with van der Waals surface area (Å²) in [6, 6.07) is 14.3. The van der Waals surface area contributed by atoms with Crippen molar-refractivity contribution in [1.29, 1.82) is 0 Å². The molecule has 0 spiro atoms. The van der Waals surface area contributed by atoms with Gasteiger partial charge >= 0.3 is 6.61 Å². The third-order valence-electron chi connectivity index (χ3n) is 4.03. The van der Waals surface area contributed by atoms with Gasteiger partial charge in [0.2, 0.25) is 0 Å². The maximum atomic E-state index is 12.7. The van der Waals surface area contributed by atoms with Gasteiger partial charge in [-0.3, -0.25) is 4.79 Å². The van der Waals surface area contributed by atoms with Crippen molar-refractivity contribution in [2.75, 3.05) is 13.7 Å². The second-order valence-electron chi connectivity index (χ2n) is 6.16. The number of rotatable bonds is 8. The molecule has 0 atom stereocenters. The number of amides is 1. The van der Waals surface area contributed by atoms with Crippen molar-refractivity contribution < 1.29 is 23.0 Å². The Bertz CT molecular complexity index is 964. The molecule has 3 rings (SSSR count). The van der Waals surface area contributed by atoms with E-state index >= 15 is 0 Å². The van der Waals surface area contributed by atoms with Crippen LogP contribution in [0.3, 0.4) is 0 Å². The minimum absolute atomic E-state index is 0.0356. The predicted octanol–water partition coefficient (Wildman–Crippen LogP) is 5.08. The van der Waals surface area contributed by atoms with Crippen molar-refractivity contribution in [3.63, 3.8) is 0 Å². The average Bonchev–Trinajstić information content (AvgIpc) is 3.20. The number of hydrogen-bond acceptors (Lipinski definition) is 5. The number of aromatic nitrogens is 1. The number of carbonyl (C=O) groups is 1. The highest BCUT2D eigenvalue weighted by molar-refractivity contribution is 7.13. The van der Waals surface area contributed by atoms with E-state index in [9.17, 15) is 13.6 Å². The van der Waals surface area contributed by atoms with Crippen LogP contribution in [0, 0.1) is 0 Å². The van der Waals surface area contributed by atoms with Crippen molar-refractivity contribution in [2.24, 2.45) is 0 Å². The number of thiazole rings is 1. The zero-order chi connectivity index (χ0) is 20.8. The fourth-order valence-corrected chi connectivity index (χ4v) is 3.54. The molecular formula is C21H20F2N2O3S. The molecule has 3 aromatic rings. The third kappa shape index (κ3) is 5.29. The molecule has 0 saturated heterocycles. The molecule has 2 aromatic carbocycles. The van der Waals surface area contributed by atoms with Crippen LogP contribution in [-0.2, 0) is 6.54 Å². The summed E-state index contributed by atoms with van der Waals surface area (Å²) in [4.78, 5) is 18.7. The van der Waals surface area contributed by atoms with Crippen molar-refractivity contribution in [3.05, 3.63) is 65.2 Å². The summed E-state index contributed by atoms with van der Waals surface area (Å²) in [6.07, 6.45) is 0. The highest BCUT2D eigenvalue weighted by Crippen LogP contribution is 2.30. The highest BCUT2D eigenvalue weighted by Gasteiger charge is 2.18. The van der Waals surface area contributed by atoms with Crippen LogP contribution in [0.2, 0.25) is 0 Å². The van der Waals surface area contributed by atoms with Gasteiger partial charge in [-0.1, -0.05) is 36.4 Å². The van der Waals surface area contributed by atoms with Gasteiger partial charge in [0, 0.05) is 24.5 Å². The molecule has 8 heteroatoms. The first-order chi connectivity index (χ1) is 14.0. The molecule has 0 radical (unpaired) electrons. The van der Waals surface area contributed by atoms with Crippen molar-refractivity contribution in [2.45, 2.75) is 20.1 Å². The van der Waals surface area contributed by atoms with E-state index in [0.29, 0.717) is 12.3 Å². The molecule has 1 heterocycles. The maximum absolute atomic E-state index is 12.7. The lowest BCUT2D eigenvalue weighted by molar-refractivity contribution is -0.0514. The summed E-state index contributed by atoms with van der Waals surface area (Å²) in [6.45, 7) is -0.612. The lowest BCUT2D eigenvalue weighted by atomic mass is 10.2. The first-order valence-corrected chi connectivity index (χ1v) is 9.82. The van der Waals surface area contributed by atoms with Crippen LogP contribution in [0.4, 0.5) is 8.78 Å². The lowest BCUT2D eigenvalue weighted by Crippen LogP contribution is -2.26. The van der Waals surface area contributed by atoms with Crippen LogP contribution < -0.4 is 9.47 Å². The largest absolute Gasteiger partial charge is 0.490 e. The average molecular weight is 418 g/mol. The van der Waals surface area contributed by atoms with E-state index in [0.717, 1.165) is 16.1 Å². The molecule has 29 heavy (non-hydrogen) atoms. The summed E-state index contributed by atoms with van der Waals surface area (Å²) in [5.41, 5.74) is 2.04. The Hall–Kier alpha value is -3.00. The van der Waals surface area contributed by atoms with Gasteiger partial charge in [0.05, 0.1) is 6.61 Å². The smallest absolute Gasteiger partial charge is 0.387 e. The Labute approximate surface area is 171 Å². The van der Waals surface area contributed by atoms with Crippen LogP contribution in [0.15, 0.2) is 53.9 Å². The normalized spacial score (nSPS) is 10.8. The molecule has 0 saturated carbocycles. The summed E-state index contributed by atoms with van der Waals surface area (Å²) >= 11 is 1.41. The molecule has 0 N–H and O–H groups in total. The van der Waals surface area contributed by atoms with Gasteiger partial charge in [-0.05, 0) is 24.6 Å². The van der Waals surface area contributed by atoms with Gasteiger partial charge in [-0.2, -0.15) is 8.78 Å². The van der Waals surface area contributed by atoms with Gasteiger partial charge in [-0.25, -0.2) is 4.98 Å². The number of benzene rings is 2. The Balaban J connectivity index is 1.72. The van der Waals surface area contributed by atoms with E-state index in [1.807, 2.05) is 30.3 Å². The summed E-state index contributed by atoms with van der Waals surface area (Å²) in [5, 5.41) is 2.50. The molecule has 0 bridgehead atoms. The number of halogens is 2. The molecule has 1 amide bonds. The van der Waals surface area contributed by atoms with E-state index in [-0.39, 0.29) is 24.0 Å². The van der Waals surface area contributed by atoms with Crippen molar-refractivity contribution in [1.82, 2.24) is 9.88 Å². The minimum Gasteiger partial charge on any atom is -0.490 e. The predicted molar refractivity (Wildman–Crippen MR) is 108 cm³/mol. The van der Waals surface area contributed by atoms with Crippen LogP contribution >= 0.6 is 11.3 Å². The van der Waals surface area contributed by atoms with E-state index in [2.05, 4.69) is 9.72 Å². The number of nitrogens with zero attached hydrogens (tertiary/aromatic N) is 2. The molecular weight excluding hydrogens is 398 g/mol. The molecule has 152 valence electrons. The molecule has 0 aliphatic rings. The Morgan fingerprint density at radius 2 is 1.93 bits per heavy atom. The summed E-state index contributed by atoms with van der Waals surface area (Å²) < 4.78 is 34.9. The SMILES string of the molecule is CCOc1cc(CN(C)C(=O)c2csc(-c3ccccc3)n2)ccc1OC(F)F. The first-order valence-electron chi connectivity index (χ1n) is 8.95. The highest BCUT2D eigenvalue weighted by atomic mass is 32.1. The van der Waals surface area contributed by atoms with Crippen LogP contribution in [0.1, 0.15) is 23.0 Å². The van der Waals surface area contributed by atoms with Crippen LogP contribution in [0.5, 0.6) is 11.5 Å². The van der Waals surface area contributed by atoms with Gasteiger partial charge in [-0.15, -0.1) is 11.3 Å². The third-order valence-corrected chi connectivity index (χ3v) is 4.93. The topological polar surface area (TPSA) is 51.7 Å². The summed E-state index contributed by atoms with van der Waals surface area (Å²) in [5.74, 6) is -0.0490. The molecule has 0 unspecified atom stereocenters. The van der Waals surface area contributed by atoms with E-state index in [1.54, 1.807) is 31.5 Å². The van der Waals surface area contributed by atoms with Gasteiger partial charge < -0.3 is 14.4 Å². The minimum atomic E-state index is -2.94. The monoisotopic (exact) mass is 418 g/mol. The maximum Gasteiger partial charge on any atom is 0.387 e. The zero-order valence-corrected chi connectivity index (χ0v) is 16.8. The fraction of sp³-hybridized carbons (Fsp3) is 0.238. The Morgan fingerprint density at radius 1 is 1.17 bits per heavy atom. The number of alkyl halides is 2. The molecule has 0 aliphatic carbocycles. The lowest BCUT2D eigenvalue weighted by Gasteiger charge is -2.18. The van der Waals surface area contributed by atoms with Crippen molar-refractivity contribution >= 4 is 17.2 Å². The first kappa shape index (κ1) is 20.7. The zero-order valence-electron chi connectivity index (χ0n) is 16.0. The van der Waals surface area contributed by atoms with Gasteiger partial charge in [0.1, 0.15) is 10.7 Å². The molecule has 0 aliphatic heterocycles. The van der Waals surface area contributed by atoms with Crippen LogP contribution in [-0.4, -0.2) is 36.1 Å². The second-order valence-corrected chi connectivity index (χ2v) is 7.02. The van der Waals surface area contributed by atoms with Crippen molar-refractivity contribution in [3.8, 4) is 22.1 Å². The van der Waals surface area contributed by atoms with Gasteiger partial charge in [0.15, 0.2) is 11.5 Å². The van der Waals surface area contributed by atoms with Gasteiger partial charge in [0.25, 0.3) is 5.91 Å². The fourth-order valence-electron chi connectivity index (χ4n) is 2.74.